The van der Waals surface area contributed by atoms with Crippen LogP contribution in [0.25, 0.3) is 0 Å². The van der Waals surface area contributed by atoms with Crippen molar-refractivity contribution >= 4 is 21.8 Å². The predicted molar refractivity (Wildman–Crippen MR) is 80.5 cm³/mol. The zero-order chi connectivity index (χ0) is 16.2. The molecule has 0 radical (unpaired) electrons. The Hall–Kier alpha value is -2.40. The van der Waals surface area contributed by atoms with Gasteiger partial charge in [-0.25, -0.2) is 8.42 Å². The average molecular weight is 320 g/mol. The molecular weight excluding hydrogens is 304 g/mol. The first kappa shape index (κ1) is 16.0. The highest BCUT2D eigenvalue weighted by molar-refractivity contribution is 7.90. The lowest BCUT2D eigenvalue weighted by Crippen LogP contribution is -2.37. The van der Waals surface area contributed by atoms with Crippen LogP contribution in [0.5, 0.6) is 0 Å². The van der Waals surface area contributed by atoms with E-state index in [2.05, 4.69) is 15.0 Å². The van der Waals surface area contributed by atoms with Gasteiger partial charge in [0.2, 0.25) is 5.91 Å². The number of carbonyl (C=O) groups is 1. The zero-order valence-electron chi connectivity index (χ0n) is 12.0. The van der Waals surface area contributed by atoms with Crippen LogP contribution in [0, 0.1) is 11.3 Å². The van der Waals surface area contributed by atoms with Gasteiger partial charge in [-0.15, -0.1) is 0 Å². The molecule has 1 saturated carbocycles. The van der Waals surface area contributed by atoms with Crippen molar-refractivity contribution in [2.24, 2.45) is 4.99 Å². The van der Waals surface area contributed by atoms with Gasteiger partial charge in [0, 0.05) is 0 Å². The van der Waals surface area contributed by atoms with Crippen molar-refractivity contribution in [3.05, 3.63) is 30.3 Å². The Labute approximate surface area is 129 Å². The van der Waals surface area contributed by atoms with Crippen molar-refractivity contribution in [1.29, 1.82) is 5.26 Å². The van der Waals surface area contributed by atoms with E-state index < -0.39 is 21.5 Å². The van der Waals surface area contributed by atoms with Crippen molar-refractivity contribution in [3.63, 3.8) is 0 Å². The fourth-order valence-electron chi connectivity index (χ4n) is 1.77. The second-order valence-corrected chi connectivity index (χ2v) is 6.74. The Balaban J connectivity index is 1.93. The smallest absolute Gasteiger partial charge is 0.262 e. The first-order valence-electron chi connectivity index (χ1n) is 6.68. The van der Waals surface area contributed by atoms with Crippen molar-refractivity contribution in [2.45, 2.75) is 30.2 Å². The van der Waals surface area contributed by atoms with Crippen molar-refractivity contribution in [1.82, 2.24) is 10.0 Å². The number of hydrogen-bond donors (Lipinski definition) is 2. The van der Waals surface area contributed by atoms with Gasteiger partial charge in [0.15, 0.2) is 0 Å². The molecule has 8 heteroatoms. The lowest BCUT2D eigenvalue weighted by atomic mass is 10.3. The summed E-state index contributed by atoms with van der Waals surface area (Å²) in [4.78, 5) is 15.7. The van der Waals surface area contributed by atoms with Gasteiger partial charge in [-0.1, -0.05) is 18.2 Å². The van der Waals surface area contributed by atoms with Crippen LogP contribution in [-0.4, -0.2) is 32.2 Å². The minimum absolute atomic E-state index is 0.112. The standard InChI is InChI=1S/C14H16N4O3S/c1-11(16-9-13(19)17-14(10-15)7-8-14)18-22(20,21)12-5-3-2-4-6-12/h2-6H,7-9H2,1H3,(H,16,18)(H,17,19). The third kappa shape index (κ3) is 4.05. The summed E-state index contributed by atoms with van der Waals surface area (Å²) in [7, 11) is -3.70. The van der Waals surface area contributed by atoms with E-state index >= 15 is 0 Å². The van der Waals surface area contributed by atoms with Crippen LogP contribution in [0.4, 0.5) is 0 Å². The molecule has 22 heavy (non-hydrogen) atoms. The minimum Gasteiger partial charge on any atom is -0.336 e. The van der Waals surface area contributed by atoms with Gasteiger partial charge >= 0.3 is 0 Å². The van der Waals surface area contributed by atoms with E-state index in [0.29, 0.717) is 12.8 Å². The van der Waals surface area contributed by atoms with Gasteiger partial charge in [0.05, 0.1) is 11.0 Å². The molecule has 1 aromatic carbocycles. The molecule has 0 aliphatic heterocycles. The average Bonchev–Trinajstić information content (AvgIpc) is 3.26. The van der Waals surface area contributed by atoms with Gasteiger partial charge in [0.1, 0.15) is 17.9 Å². The monoisotopic (exact) mass is 320 g/mol. The van der Waals surface area contributed by atoms with Crippen LogP contribution < -0.4 is 10.0 Å². The van der Waals surface area contributed by atoms with Crippen molar-refractivity contribution in [2.75, 3.05) is 6.54 Å². The van der Waals surface area contributed by atoms with E-state index in [-0.39, 0.29) is 17.3 Å². The van der Waals surface area contributed by atoms with Gasteiger partial charge in [-0.3, -0.25) is 14.5 Å². The molecule has 0 saturated heterocycles. The van der Waals surface area contributed by atoms with E-state index in [1.165, 1.54) is 19.1 Å². The Kier molecular flexibility index (Phi) is 4.47. The molecular formula is C14H16N4O3S. The Morgan fingerprint density at radius 3 is 2.55 bits per heavy atom. The molecule has 1 aromatic rings. The topological polar surface area (TPSA) is 111 Å². The quantitative estimate of drug-likeness (QED) is 0.609. The largest absolute Gasteiger partial charge is 0.336 e. The summed E-state index contributed by atoms with van der Waals surface area (Å²) in [5, 5.41) is 11.5. The van der Waals surface area contributed by atoms with E-state index in [0.717, 1.165) is 0 Å². The number of nitriles is 1. The first-order chi connectivity index (χ1) is 10.4. The number of nitrogens with one attached hydrogen (secondary N) is 2. The second-order valence-electron chi connectivity index (χ2n) is 5.06. The number of amides is 1. The summed E-state index contributed by atoms with van der Waals surface area (Å²) >= 11 is 0. The molecule has 1 aliphatic rings. The van der Waals surface area contributed by atoms with Crippen LogP contribution in [0.3, 0.4) is 0 Å². The molecule has 0 unspecified atom stereocenters. The number of aliphatic imine (C=N–C) groups is 1. The van der Waals surface area contributed by atoms with Gasteiger partial charge < -0.3 is 5.32 Å². The normalized spacial score (nSPS) is 16.5. The van der Waals surface area contributed by atoms with Crippen LogP contribution >= 0.6 is 0 Å². The molecule has 2 N–H and O–H groups in total. The summed E-state index contributed by atoms with van der Waals surface area (Å²) in [6, 6.07) is 9.92. The van der Waals surface area contributed by atoms with Gasteiger partial charge in [0.25, 0.3) is 10.0 Å². The maximum absolute atomic E-state index is 12.0. The summed E-state index contributed by atoms with van der Waals surface area (Å²) < 4.78 is 26.4. The Morgan fingerprint density at radius 1 is 1.36 bits per heavy atom. The lowest BCUT2D eigenvalue weighted by molar-refractivity contribution is -0.120. The molecule has 1 amide bonds. The fraction of sp³-hybridized carbons (Fsp3) is 0.357. The van der Waals surface area contributed by atoms with Gasteiger partial charge in [-0.05, 0) is 31.9 Å². The molecule has 1 fully saturated rings. The highest BCUT2D eigenvalue weighted by atomic mass is 32.2. The molecule has 116 valence electrons. The number of carbonyl (C=O) groups excluding carboxylic acids is 1. The molecule has 0 heterocycles. The minimum atomic E-state index is -3.70. The Morgan fingerprint density at radius 2 is 2.00 bits per heavy atom. The van der Waals surface area contributed by atoms with Crippen LogP contribution in [0.15, 0.2) is 40.2 Å². The van der Waals surface area contributed by atoms with Crippen molar-refractivity contribution < 1.29 is 13.2 Å². The highest BCUT2D eigenvalue weighted by Crippen LogP contribution is 2.34. The first-order valence-corrected chi connectivity index (χ1v) is 8.16. The maximum Gasteiger partial charge on any atom is 0.262 e. The molecule has 0 atom stereocenters. The second kappa shape index (κ2) is 6.15. The zero-order valence-corrected chi connectivity index (χ0v) is 12.9. The molecule has 1 aliphatic carbocycles. The summed E-state index contributed by atoms with van der Waals surface area (Å²) in [6.45, 7) is 1.23. The number of amidine groups is 1. The van der Waals surface area contributed by atoms with E-state index in [1.54, 1.807) is 18.2 Å². The van der Waals surface area contributed by atoms with E-state index in [9.17, 15) is 13.2 Å². The molecule has 0 aromatic heterocycles. The van der Waals surface area contributed by atoms with Crippen LogP contribution in [0.1, 0.15) is 19.8 Å². The highest BCUT2D eigenvalue weighted by Gasteiger charge is 2.44. The third-order valence-corrected chi connectivity index (χ3v) is 4.60. The number of benzene rings is 1. The summed E-state index contributed by atoms with van der Waals surface area (Å²) in [5.74, 6) is -0.293. The maximum atomic E-state index is 12.0. The molecule has 0 bridgehead atoms. The fourth-order valence-corrected chi connectivity index (χ4v) is 2.86. The van der Waals surface area contributed by atoms with Crippen LogP contribution in [-0.2, 0) is 14.8 Å². The number of nitrogens with zero attached hydrogens (tertiary/aromatic N) is 2. The van der Waals surface area contributed by atoms with E-state index in [4.69, 9.17) is 5.26 Å². The molecule has 7 nitrogen and oxygen atoms in total. The SMILES string of the molecule is CC(=NCC(=O)NC1(C#N)CC1)NS(=O)(=O)c1ccccc1. The summed E-state index contributed by atoms with van der Waals surface area (Å²) in [6.07, 6.45) is 1.27. The Bertz CT molecular complexity index is 731. The third-order valence-electron chi connectivity index (χ3n) is 3.14. The molecule has 0 spiro atoms. The number of rotatable bonds is 5. The van der Waals surface area contributed by atoms with E-state index in [1.807, 2.05) is 6.07 Å². The van der Waals surface area contributed by atoms with Crippen molar-refractivity contribution in [3.8, 4) is 6.07 Å². The van der Waals surface area contributed by atoms with Crippen LogP contribution in [0.2, 0.25) is 0 Å². The number of hydrogen-bond acceptors (Lipinski definition) is 5. The molecule has 2 rings (SSSR count). The van der Waals surface area contributed by atoms with Gasteiger partial charge in [-0.2, -0.15) is 5.26 Å². The predicted octanol–water partition coefficient (Wildman–Crippen LogP) is 0.556. The summed E-state index contributed by atoms with van der Waals surface area (Å²) in [5.41, 5.74) is -0.746. The lowest BCUT2D eigenvalue weighted by Gasteiger charge is -2.09. The number of sulfonamides is 1.